The Morgan fingerprint density at radius 3 is 2.42 bits per heavy atom. The number of ether oxygens (including phenoxy) is 2. The van der Waals surface area contributed by atoms with E-state index in [1.54, 1.807) is 0 Å². The number of carbonyl (C=O) groups is 2. The molecular weight excluding hydrogens is 354 g/mol. The Morgan fingerprint density at radius 2 is 1.92 bits per heavy atom. The zero-order valence-electron chi connectivity index (χ0n) is 12.7. The number of aliphatic hydroxyl groups is 1. The first-order chi connectivity index (χ1) is 10.8. The second-order valence-electron chi connectivity index (χ2n) is 7.03. The van der Waals surface area contributed by atoms with E-state index in [1.807, 2.05) is 0 Å². The number of halogens is 2. The lowest BCUT2D eigenvalue weighted by Gasteiger charge is -2.38. The average Bonchev–Trinajstić information content (AvgIpc) is 2.99. The Bertz CT molecular complexity index is 697. The zero-order chi connectivity index (χ0) is 18.2. The van der Waals surface area contributed by atoms with Crippen LogP contribution in [-0.4, -0.2) is 53.1 Å². The monoisotopic (exact) mass is 370 g/mol. The summed E-state index contributed by atoms with van der Waals surface area (Å²) in [6, 6.07) is 0. The van der Waals surface area contributed by atoms with E-state index in [4.69, 9.17) is 9.29 Å². The van der Waals surface area contributed by atoms with Gasteiger partial charge in [-0.05, 0) is 20.3 Å². The Hall–Kier alpha value is -1.33. The van der Waals surface area contributed by atoms with Gasteiger partial charge in [-0.15, -0.1) is 0 Å². The van der Waals surface area contributed by atoms with Crippen LogP contribution in [-0.2, 0) is 29.2 Å². The highest BCUT2D eigenvalue weighted by molar-refractivity contribution is 7.87. The minimum Gasteiger partial charge on any atom is -0.458 e. The maximum atomic E-state index is 13.4. The lowest BCUT2D eigenvalue weighted by Crippen LogP contribution is -2.50. The fourth-order valence-corrected chi connectivity index (χ4v) is 4.67. The Labute approximate surface area is 135 Å². The molecule has 2 saturated carbocycles. The van der Waals surface area contributed by atoms with Crippen LogP contribution >= 0.6 is 0 Å². The third kappa shape index (κ3) is 2.25. The predicted molar refractivity (Wildman–Crippen MR) is 71.1 cm³/mol. The van der Waals surface area contributed by atoms with Crippen LogP contribution in [0, 0.1) is 23.7 Å². The number of hydrogen-bond donors (Lipinski definition) is 2. The van der Waals surface area contributed by atoms with E-state index in [0.717, 1.165) is 0 Å². The maximum absolute atomic E-state index is 13.4. The Balaban J connectivity index is 1.89. The number of alkyl halides is 2. The molecule has 0 amide bonds. The molecule has 0 aromatic carbocycles. The molecule has 0 spiro atoms. The largest absolute Gasteiger partial charge is 0.465 e. The summed E-state index contributed by atoms with van der Waals surface area (Å²) in [6.45, 7) is 2.90. The molecule has 3 fully saturated rings. The van der Waals surface area contributed by atoms with E-state index in [-0.39, 0.29) is 0 Å². The van der Waals surface area contributed by atoms with E-state index >= 15 is 0 Å². The number of rotatable bonds is 4. The van der Waals surface area contributed by atoms with Gasteiger partial charge in [0, 0.05) is 17.8 Å². The lowest BCUT2D eigenvalue weighted by molar-refractivity contribution is -0.179. The molecular formula is C13H16F2O8S. The molecule has 3 rings (SSSR count). The topological polar surface area (TPSA) is 127 Å². The van der Waals surface area contributed by atoms with Crippen molar-refractivity contribution in [2.75, 3.05) is 0 Å². The molecule has 0 radical (unpaired) electrons. The molecule has 0 aromatic heterocycles. The number of carbonyl (C=O) groups excluding carboxylic acids is 2. The van der Waals surface area contributed by atoms with Gasteiger partial charge in [-0.3, -0.25) is 9.35 Å². The Morgan fingerprint density at radius 1 is 1.33 bits per heavy atom. The van der Waals surface area contributed by atoms with E-state index in [2.05, 4.69) is 4.74 Å². The second kappa shape index (κ2) is 4.85. The molecule has 6 unspecified atom stereocenters. The van der Waals surface area contributed by atoms with Gasteiger partial charge in [0.15, 0.2) is 0 Å². The highest BCUT2D eigenvalue weighted by atomic mass is 32.2. The summed E-state index contributed by atoms with van der Waals surface area (Å²) in [6.07, 6.45) is -1.92. The zero-order valence-corrected chi connectivity index (χ0v) is 13.5. The standard InChI is InChI=1S/C13H16F2O8S/c1-12(2,18)7-5-3-4-6(7)10(16)22-8(4)9(5)23-11(17)13(14,15)24(19,20)21/h4-9,18H,3H2,1-2H3,(H,19,20,21). The molecule has 136 valence electrons. The average molecular weight is 370 g/mol. The molecule has 2 bridgehead atoms. The first kappa shape index (κ1) is 17.5. The minimum atomic E-state index is -5.99. The number of hydrogen-bond acceptors (Lipinski definition) is 7. The van der Waals surface area contributed by atoms with E-state index in [1.165, 1.54) is 13.8 Å². The van der Waals surface area contributed by atoms with Gasteiger partial charge in [-0.1, -0.05) is 0 Å². The van der Waals surface area contributed by atoms with Crippen molar-refractivity contribution in [3.05, 3.63) is 0 Å². The van der Waals surface area contributed by atoms with Crippen LogP contribution in [0.3, 0.4) is 0 Å². The smallest absolute Gasteiger partial charge is 0.458 e. The van der Waals surface area contributed by atoms with Gasteiger partial charge >= 0.3 is 27.3 Å². The van der Waals surface area contributed by atoms with Crippen molar-refractivity contribution in [2.45, 2.75) is 43.3 Å². The van der Waals surface area contributed by atoms with Gasteiger partial charge in [0.2, 0.25) is 0 Å². The van der Waals surface area contributed by atoms with Gasteiger partial charge in [0.25, 0.3) is 0 Å². The third-order valence-electron chi connectivity index (χ3n) is 5.17. The van der Waals surface area contributed by atoms with E-state index in [9.17, 15) is 31.9 Å². The molecule has 1 aliphatic heterocycles. The molecule has 2 aliphatic carbocycles. The van der Waals surface area contributed by atoms with Crippen molar-refractivity contribution >= 4 is 22.1 Å². The summed E-state index contributed by atoms with van der Waals surface area (Å²) in [5.74, 6) is -5.34. The molecule has 8 nitrogen and oxygen atoms in total. The van der Waals surface area contributed by atoms with Crippen LogP contribution in [0.15, 0.2) is 0 Å². The van der Waals surface area contributed by atoms with E-state index in [0.29, 0.717) is 6.42 Å². The SMILES string of the molecule is CC(C)(O)C1C2CC3C(OC(=O)C31)C2OC(=O)C(F)(F)S(=O)(=O)O. The number of fused-ring (bicyclic) bond motifs is 1. The summed E-state index contributed by atoms with van der Waals surface area (Å²) < 4.78 is 66.3. The molecule has 1 heterocycles. The molecule has 6 atom stereocenters. The first-order valence-electron chi connectivity index (χ1n) is 7.25. The molecule has 24 heavy (non-hydrogen) atoms. The van der Waals surface area contributed by atoms with Gasteiger partial charge in [0.1, 0.15) is 12.2 Å². The van der Waals surface area contributed by atoms with Gasteiger partial charge < -0.3 is 14.6 Å². The normalized spacial score (nSPS) is 38.3. The molecule has 0 aromatic rings. The number of esters is 2. The minimum absolute atomic E-state index is 0.325. The van der Waals surface area contributed by atoms with Crippen molar-refractivity contribution in [1.29, 1.82) is 0 Å². The highest BCUT2D eigenvalue weighted by Crippen LogP contribution is 2.61. The summed E-state index contributed by atoms with van der Waals surface area (Å²) in [4.78, 5) is 23.5. The lowest BCUT2D eigenvalue weighted by atomic mass is 9.71. The van der Waals surface area contributed by atoms with Crippen molar-refractivity contribution in [3.8, 4) is 0 Å². The van der Waals surface area contributed by atoms with Crippen LogP contribution < -0.4 is 0 Å². The molecule has 1 saturated heterocycles. The van der Waals surface area contributed by atoms with Gasteiger partial charge in [-0.2, -0.15) is 17.2 Å². The summed E-state index contributed by atoms with van der Waals surface area (Å²) >= 11 is 0. The van der Waals surface area contributed by atoms with Crippen LogP contribution in [0.5, 0.6) is 0 Å². The van der Waals surface area contributed by atoms with Crippen molar-refractivity contribution in [3.63, 3.8) is 0 Å². The first-order valence-corrected chi connectivity index (χ1v) is 8.69. The maximum Gasteiger partial charge on any atom is 0.465 e. The summed E-state index contributed by atoms with van der Waals surface area (Å²) in [5, 5.41) is 5.16. The van der Waals surface area contributed by atoms with Crippen molar-refractivity contribution in [1.82, 2.24) is 0 Å². The third-order valence-corrected chi connectivity index (χ3v) is 5.98. The fraction of sp³-hybridized carbons (Fsp3) is 0.846. The van der Waals surface area contributed by atoms with Gasteiger partial charge in [-0.25, -0.2) is 4.79 Å². The van der Waals surface area contributed by atoms with Crippen LogP contribution in [0.4, 0.5) is 8.78 Å². The molecule has 11 heteroatoms. The van der Waals surface area contributed by atoms with E-state index < -0.39 is 68.8 Å². The summed E-state index contributed by atoms with van der Waals surface area (Å²) in [5.41, 5.74) is -1.35. The van der Waals surface area contributed by atoms with Gasteiger partial charge in [0.05, 0.1) is 11.5 Å². The fourth-order valence-electron chi connectivity index (χ4n) is 4.41. The molecule has 2 N–H and O–H groups in total. The quantitative estimate of drug-likeness (QED) is 0.521. The second-order valence-corrected chi connectivity index (χ2v) is 8.49. The van der Waals surface area contributed by atoms with Crippen molar-refractivity contribution in [2.24, 2.45) is 23.7 Å². The highest BCUT2D eigenvalue weighted by Gasteiger charge is 2.71. The van der Waals surface area contributed by atoms with Crippen LogP contribution in [0.25, 0.3) is 0 Å². The molecule has 3 aliphatic rings. The van der Waals surface area contributed by atoms with Crippen LogP contribution in [0.2, 0.25) is 0 Å². The Kier molecular flexibility index (Phi) is 3.54. The summed E-state index contributed by atoms with van der Waals surface area (Å²) in [7, 11) is -5.99. The van der Waals surface area contributed by atoms with Crippen molar-refractivity contribution < 1.29 is 45.9 Å². The van der Waals surface area contributed by atoms with Crippen LogP contribution in [0.1, 0.15) is 20.3 Å². The predicted octanol–water partition coefficient (Wildman–Crippen LogP) is -0.0428.